The van der Waals surface area contributed by atoms with E-state index in [0.717, 1.165) is 47.2 Å². The number of rotatable bonds is 8. The lowest BCUT2D eigenvalue weighted by molar-refractivity contribution is 0.357. The summed E-state index contributed by atoms with van der Waals surface area (Å²) in [7, 11) is 0. The Kier molecular flexibility index (Phi) is 9.53. The normalized spacial score (nSPS) is 22.9. The maximum absolute atomic E-state index is 8.56. The van der Waals surface area contributed by atoms with Gasteiger partial charge in [0.1, 0.15) is 5.84 Å². The average Bonchev–Trinajstić information content (AvgIpc) is 3.17. The van der Waals surface area contributed by atoms with Crippen LogP contribution >= 0.6 is 0 Å². The van der Waals surface area contributed by atoms with Crippen LogP contribution in [0.4, 0.5) is 0 Å². The van der Waals surface area contributed by atoms with Crippen molar-refractivity contribution in [2.75, 3.05) is 0 Å². The third kappa shape index (κ3) is 6.67. The van der Waals surface area contributed by atoms with Gasteiger partial charge in [-0.2, -0.15) is 0 Å². The molecule has 3 atom stereocenters. The number of amidine groups is 1. The summed E-state index contributed by atoms with van der Waals surface area (Å²) in [6, 6.07) is 17.3. The van der Waals surface area contributed by atoms with Crippen molar-refractivity contribution >= 4 is 17.1 Å². The largest absolute Gasteiger partial charge is 0.283 e. The van der Waals surface area contributed by atoms with Crippen LogP contribution in [-0.2, 0) is 5.41 Å². The minimum Gasteiger partial charge on any atom is -0.283 e. The van der Waals surface area contributed by atoms with Gasteiger partial charge >= 0.3 is 0 Å². The highest BCUT2D eigenvalue weighted by Gasteiger charge is 2.41. The molecule has 2 nitrogen and oxygen atoms in total. The minimum atomic E-state index is 0.153. The van der Waals surface area contributed by atoms with Crippen LogP contribution < -0.4 is 0 Å². The maximum atomic E-state index is 8.56. The zero-order valence-corrected chi connectivity index (χ0v) is 24.8. The maximum Gasteiger partial charge on any atom is 0.148 e. The number of benzene rings is 2. The molecule has 2 unspecified atom stereocenters. The van der Waals surface area contributed by atoms with Gasteiger partial charge in [-0.3, -0.25) is 5.41 Å². The van der Waals surface area contributed by atoms with E-state index in [1.165, 1.54) is 11.1 Å². The minimum absolute atomic E-state index is 0.153. The van der Waals surface area contributed by atoms with Crippen molar-refractivity contribution in [1.29, 1.82) is 5.41 Å². The monoisotopic (exact) mass is 528 g/mol. The smallest absolute Gasteiger partial charge is 0.148 e. The van der Waals surface area contributed by atoms with Gasteiger partial charge in [0.05, 0.1) is 5.71 Å². The van der Waals surface area contributed by atoms with E-state index in [0.29, 0.717) is 17.8 Å². The Balaban J connectivity index is 1.55. The Hall–Kier alpha value is -3.78. The first kappa shape index (κ1) is 29.2. The van der Waals surface area contributed by atoms with Gasteiger partial charge in [-0.05, 0) is 84.3 Å². The fourth-order valence-corrected chi connectivity index (χ4v) is 5.72. The standard InChI is InChI=1S/C38H44N2/c1-7-8-14-28(3)37(39)40-36(26-20-30-15-10-9-11-16-30)32-23-21-31(22-24-32)27(2)19-25-33-29(4)38(5,6)35-18-13-12-17-34(33)35/h7-10,12-14,17-26,29-30,33,39H,2,11,15-16H2,1,3-6H3/b8-7-,25-19-,26-20+,28-14+,39-37?,40-36?/t29?,30-,33?/m1/s1. The van der Waals surface area contributed by atoms with Crippen LogP contribution in [0.15, 0.2) is 120 Å². The quantitative estimate of drug-likeness (QED) is 0.153. The molecule has 206 valence electrons. The molecule has 4 rings (SSSR count). The number of nitrogens with zero attached hydrogens (tertiary/aromatic N) is 1. The molecule has 0 spiro atoms. The molecule has 0 amide bonds. The Morgan fingerprint density at radius 2 is 1.73 bits per heavy atom. The number of aliphatic imine (C=N–C) groups is 1. The predicted molar refractivity (Wildman–Crippen MR) is 174 cm³/mol. The Morgan fingerprint density at radius 1 is 1.00 bits per heavy atom. The van der Waals surface area contributed by atoms with Crippen molar-refractivity contribution in [3.05, 3.63) is 138 Å². The first-order valence-corrected chi connectivity index (χ1v) is 14.6. The van der Waals surface area contributed by atoms with E-state index < -0.39 is 0 Å². The highest BCUT2D eigenvalue weighted by atomic mass is 14.8. The molecule has 40 heavy (non-hydrogen) atoms. The SMILES string of the molecule is C=C(/C=C\C1c2ccccc2C(C)(C)C1C)c1ccc(C(/C=C/[C@@H]2CC=CCC2)=NC(=N)/C(C)=C/C=C\C)cc1. The highest BCUT2D eigenvalue weighted by Crippen LogP contribution is 2.50. The predicted octanol–water partition coefficient (Wildman–Crippen LogP) is 10.2. The summed E-state index contributed by atoms with van der Waals surface area (Å²) in [5.41, 5.74) is 7.80. The average molecular weight is 529 g/mol. The van der Waals surface area contributed by atoms with Crippen molar-refractivity contribution in [1.82, 2.24) is 0 Å². The van der Waals surface area contributed by atoms with E-state index in [1.807, 2.05) is 32.1 Å². The van der Waals surface area contributed by atoms with Gasteiger partial charge in [-0.1, -0.05) is 124 Å². The second-order valence-electron chi connectivity index (χ2n) is 11.7. The van der Waals surface area contributed by atoms with Crippen LogP contribution in [0, 0.1) is 17.2 Å². The number of nitrogens with one attached hydrogen (secondary N) is 1. The summed E-state index contributed by atoms with van der Waals surface area (Å²) in [6.45, 7) is 15.4. The fraction of sp³-hybridized carbons (Fsp3) is 0.316. The molecular weight excluding hydrogens is 484 g/mol. The summed E-state index contributed by atoms with van der Waals surface area (Å²) in [4.78, 5) is 4.75. The molecule has 0 fully saturated rings. The molecule has 1 N–H and O–H groups in total. The molecule has 0 heterocycles. The lowest BCUT2D eigenvalue weighted by atomic mass is 9.77. The molecule has 0 radical (unpaired) electrons. The molecule has 0 aliphatic heterocycles. The van der Waals surface area contributed by atoms with Gasteiger partial charge in [-0.25, -0.2) is 4.99 Å². The molecule has 0 saturated carbocycles. The van der Waals surface area contributed by atoms with E-state index in [9.17, 15) is 0 Å². The van der Waals surface area contributed by atoms with Crippen molar-refractivity contribution in [3.8, 4) is 0 Å². The van der Waals surface area contributed by atoms with Crippen molar-refractivity contribution < 1.29 is 0 Å². The van der Waals surface area contributed by atoms with Crippen molar-refractivity contribution in [2.45, 2.75) is 65.2 Å². The van der Waals surface area contributed by atoms with Gasteiger partial charge in [0.2, 0.25) is 0 Å². The highest BCUT2D eigenvalue weighted by molar-refractivity contribution is 6.16. The van der Waals surface area contributed by atoms with Gasteiger partial charge in [0.15, 0.2) is 0 Å². The Morgan fingerprint density at radius 3 is 2.42 bits per heavy atom. The summed E-state index contributed by atoms with van der Waals surface area (Å²) >= 11 is 0. The third-order valence-corrected chi connectivity index (χ3v) is 8.73. The number of allylic oxidation sites excluding steroid dienone is 10. The first-order chi connectivity index (χ1) is 19.2. The Labute approximate surface area is 241 Å². The van der Waals surface area contributed by atoms with Crippen LogP contribution in [0.3, 0.4) is 0 Å². The van der Waals surface area contributed by atoms with E-state index >= 15 is 0 Å². The lowest BCUT2D eigenvalue weighted by Crippen LogP contribution is -2.22. The summed E-state index contributed by atoms with van der Waals surface area (Å²) in [5, 5.41) is 8.56. The van der Waals surface area contributed by atoms with Gasteiger partial charge in [-0.15, -0.1) is 0 Å². The summed E-state index contributed by atoms with van der Waals surface area (Å²) in [6.07, 6.45) is 22.6. The second-order valence-corrected chi connectivity index (χ2v) is 11.7. The van der Waals surface area contributed by atoms with Crippen LogP contribution in [0.1, 0.15) is 82.1 Å². The van der Waals surface area contributed by atoms with E-state index in [2.05, 4.69) is 112 Å². The molecule has 0 saturated heterocycles. The zero-order valence-electron chi connectivity index (χ0n) is 24.8. The van der Waals surface area contributed by atoms with Crippen LogP contribution in [0.25, 0.3) is 5.57 Å². The van der Waals surface area contributed by atoms with Crippen LogP contribution in [-0.4, -0.2) is 11.5 Å². The van der Waals surface area contributed by atoms with Gasteiger partial charge in [0, 0.05) is 11.5 Å². The van der Waals surface area contributed by atoms with Crippen LogP contribution in [0.5, 0.6) is 0 Å². The zero-order chi connectivity index (χ0) is 28.7. The molecule has 2 aliphatic rings. The van der Waals surface area contributed by atoms with E-state index in [4.69, 9.17) is 10.4 Å². The Bertz CT molecular complexity index is 1410. The van der Waals surface area contributed by atoms with Gasteiger partial charge in [0.25, 0.3) is 0 Å². The molecule has 0 aromatic heterocycles. The second kappa shape index (κ2) is 13.0. The number of hydrogen-bond acceptors (Lipinski definition) is 1. The van der Waals surface area contributed by atoms with E-state index in [1.54, 1.807) is 0 Å². The van der Waals surface area contributed by atoms with Gasteiger partial charge < -0.3 is 0 Å². The molecular formula is C38H44N2. The number of fused-ring (bicyclic) bond motifs is 1. The molecule has 2 aliphatic carbocycles. The molecule has 2 aromatic rings. The summed E-state index contributed by atoms with van der Waals surface area (Å²) in [5.74, 6) is 1.70. The molecule has 0 bridgehead atoms. The number of hydrogen-bond donors (Lipinski definition) is 1. The summed E-state index contributed by atoms with van der Waals surface area (Å²) < 4.78 is 0. The lowest BCUT2D eigenvalue weighted by Gasteiger charge is -2.27. The molecule has 2 aromatic carbocycles. The first-order valence-electron chi connectivity index (χ1n) is 14.6. The van der Waals surface area contributed by atoms with Crippen molar-refractivity contribution in [2.24, 2.45) is 16.8 Å². The van der Waals surface area contributed by atoms with E-state index in [-0.39, 0.29) is 11.3 Å². The van der Waals surface area contributed by atoms with Crippen molar-refractivity contribution in [3.63, 3.8) is 0 Å². The third-order valence-electron chi connectivity index (χ3n) is 8.73. The molecule has 2 heteroatoms. The van der Waals surface area contributed by atoms with Crippen LogP contribution in [0.2, 0.25) is 0 Å². The topological polar surface area (TPSA) is 36.2 Å². The fourth-order valence-electron chi connectivity index (χ4n) is 5.72.